The largest absolute Gasteiger partial charge is 0.496 e. The van der Waals surface area contributed by atoms with Gasteiger partial charge in [0.2, 0.25) is 0 Å². The molecule has 0 aromatic heterocycles. The molecule has 0 amide bonds. The third-order valence-electron chi connectivity index (χ3n) is 5.49. The highest BCUT2D eigenvalue weighted by Gasteiger charge is 2.24. The van der Waals surface area contributed by atoms with Crippen LogP contribution in [0.25, 0.3) is 32.7 Å². The Balaban J connectivity index is 2.20. The molecule has 0 aliphatic heterocycles. The molecule has 4 aromatic carbocycles. The van der Waals surface area contributed by atoms with Crippen LogP contribution in [-0.2, 0) is 10.1 Å². The van der Waals surface area contributed by atoms with Crippen LogP contribution in [0.3, 0.4) is 0 Å². The Kier molecular flexibility index (Phi) is 4.96. The molecule has 0 atom stereocenters. The van der Waals surface area contributed by atoms with E-state index in [0.717, 1.165) is 21.5 Å². The highest BCUT2D eigenvalue weighted by atomic mass is 32.2. The Labute approximate surface area is 177 Å². The minimum absolute atomic E-state index is 0.124. The molecule has 4 rings (SSSR count). The summed E-state index contributed by atoms with van der Waals surface area (Å²) in [5.41, 5.74) is 1.13. The smallest absolute Gasteiger partial charge is 0.295 e. The van der Waals surface area contributed by atoms with Gasteiger partial charge in [-0.15, -0.1) is 0 Å². The SMILES string of the molecule is COc1ccc2cc([Si](C)(C)C)ccc2c1-c1c(S(=O)(=O)O)ccc2ccccc12. The van der Waals surface area contributed by atoms with Crippen molar-refractivity contribution < 1.29 is 17.7 Å². The zero-order valence-electron chi connectivity index (χ0n) is 17.4. The maximum Gasteiger partial charge on any atom is 0.295 e. The van der Waals surface area contributed by atoms with E-state index >= 15 is 0 Å². The van der Waals surface area contributed by atoms with E-state index in [0.29, 0.717) is 16.9 Å². The molecule has 0 radical (unpaired) electrons. The summed E-state index contributed by atoms with van der Waals surface area (Å²) in [4.78, 5) is -0.124. The van der Waals surface area contributed by atoms with Gasteiger partial charge in [-0.05, 0) is 33.7 Å². The monoisotopic (exact) mass is 436 g/mol. The van der Waals surface area contributed by atoms with Gasteiger partial charge in [-0.3, -0.25) is 4.55 Å². The fraction of sp³-hybridized carbons (Fsp3) is 0.167. The number of ether oxygens (including phenoxy) is 1. The summed E-state index contributed by atoms with van der Waals surface area (Å²) in [6, 6.07) is 20.9. The lowest BCUT2D eigenvalue weighted by atomic mass is 9.93. The number of benzene rings is 4. The summed E-state index contributed by atoms with van der Waals surface area (Å²) in [6.07, 6.45) is 0. The summed E-state index contributed by atoms with van der Waals surface area (Å²) >= 11 is 0. The first-order chi connectivity index (χ1) is 14.1. The van der Waals surface area contributed by atoms with Gasteiger partial charge in [0.05, 0.1) is 15.2 Å². The highest BCUT2D eigenvalue weighted by Crippen LogP contribution is 2.43. The molecule has 6 heteroatoms. The van der Waals surface area contributed by atoms with Crippen molar-refractivity contribution in [3.8, 4) is 16.9 Å². The van der Waals surface area contributed by atoms with Gasteiger partial charge >= 0.3 is 0 Å². The lowest BCUT2D eigenvalue weighted by Crippen LogP contribution is -2.37. The lowest BCUT2D eigenvalue weighted by molar-refractivity contribution is 0.417. The Morgan fingerprint density at radius 1 is 0.800 bits per heavy atom. The molecule has 0 bridgehead atoms. The first-order valence-corrected chi connectivity index (χ1v) is 14.7. The van der Waals surface area contributed by atoms with E-state index in [1.807, 2.05) is 42.5 Å². The molecule has 30 heavy (non-hydrogen) atoms. The molecule has 4 nitrogen and oxygen atoms in total. The third-order valence-corrected chi connectivity index (χ3v) is 8.43. The van der Waals surface area contributed by atoms with E-state index in [1.165, 1.54) is 11.3 Å². The van der Waals surface area contributed by atoms with E-state index in [2.05, 4.69) is 31.8 Å². The number of hydrogen-bond donors (Lipinski definition) is 1. The van der Waals surface area contributed by atoms with Crippen LogP contribution < -0.4 is 9.92 Å². The minimum atomic E-state index is -4.45. The second-order valence-electron chi connectivity index (χ2n) is 8.46. The van der Waals surface area contributed by atoms with E-state index in [1.54, 1.807) is 13.2 Å². The van der Waals surface area contributed by atoms with Crippen LogP contribution in [0.4, 0.5) is 0 Å². The molecule has 0 saturated carbocycles. The molecule has 0 spiro atoms. The van der Waals surface area contributed by atoms with Crippen LogP contribution in [0.5, 0.6) is 5.75 Å². The fourth-order valence-electron chi connectivity index (χ4n) is 3.93. The van der Waals surface area contributed by atoms with Crippen molar-refractivity contribution >= 4 is 44.9 Å². The van der Waals surface area contributed by atoms with E-state index in [-0.39, 0.29) is 4.90 Å². The number of rotatable bonds is 4. The van der Waals surface area contributed by atoms with Crippen molar-refractivity contribution in [1.82, 2.24) is 0 Å². The highest BCUT2D eigenvalue weighted by molar-refractivity contribution is 7.86. The zero-order chi connectivity index (χ0) is 21.7. The van der Waals surface area contributed by atoms with Crippen molar-refractivity contribution in [3.63, 3.8) is 0 Å². The van der Waals surface area contributed by atoms with E-state index in [9.17, 15) is 13.0 Å². The van der Waals surface area contributed by atoms with Gasteiger partial charge < -0.3 is 4.74 Å². The van der Waals surface area contributed by atoms with Crippen LogP contribution >= 0.6 is 0 Å². The first-order valence-electron chi connectivity index (χ1n) is 9.72. The molecule has 0 aliphatic carbocycles. The lowest BCUT2D eigenvalue weighted by Gasteiger charge is -2.20. The molecule has 0 unspecified atom stereocenters. The van der Waals surface area contributed by atoms with Crippen LogP contribution in [0, 0.1) is 0 Å². The standard InChI is InChI=1S/C24H24O4SSi/c1-28-21-13-9-17-15-18(30(2,3)4)11-12-20(17)23(21)24-19-8-6-5-7-16(19)10-14-22(24)29(25,26)27/h5-15H,1-4H3,(H,25,26,27). The molecule has 0 heterocycles. The summed E-state index contributed by atoms with van der Waals surface area (Å²) in [5, 5.41) is 4.85. The molecule has 4 aromatic rings. The molecule has 0 fully saturated rings. The average molecular weight is 437 g/mol. The average Bonchev–Trinajstić information content (AvgIpc) is 2.70. The third kappa shape index (κ3) is 3.51. The van der Waals surface area contributed by atoms with E-state index in [4.69, 9.17) is 4.74 Å². The van der Waals surface area contributed by atoms with Crippen LogP contribution in [-0.4, -0.2) is 28.2 Å². The Morgan fingerprint density at radius 3 is 2.13 bits per heavy atom. The Morgan fingerprint density at radius 2 is 1.47 bits per heavy atom. The maximum absolute atomic E-state index is 12.3. The van der Waals surface area contributed by atoms with Gasteiger partial charge in [-0.25, -0.2) is 0 Å². The second kappa shape index (κ2) is 7.23. The van der Waals surface area contributed by atoms with E-state index < -0.39 is 18.2 Å². The quantitative estimate of drug-likeness (QED) is 0.341. The summed E-state index contributed by atoms with van der Waals surface area (Å²) in [7, 11) is -4.40. The Hall–Kier alpha value is -2.67. The van der Waals surface area contributed by atoms with Crippen LogP contribution in [0.1, 0.15) is 0 Å². The fourth-order valence-corrected chi connectivity index (χ4v) is 5.81. The zero-order valence-corrected chi connectivity index (χ0v) is 19.2. The topological polar surface area (TPSA) is 63.6 Å². The molecule has 0 aliphatic rings. The minimum Gasteiger partial charge on any atom is -0.496 e. The van der Waals surface area contributed by atoms with Gasteiger partial charge in [-0.2, -0.15) is 8.42 Å². The molecular formula is C24H24O4SSi. The molecule has 0 saturated heterocycles. The summed E-state index contributed by atoms with van der Waals surface area (Å²) in [5.74, 6) is 0.560. The maximum atomic E-state index is 12.3. The van der Waals surface area contributed by atoms with Gasteiger partial charge in [0.25, 0.3) is 10.1 Å². The van der Waals surface area contributed by atoms with Crippen molar-refractivity contribution in [2.45, 2.75) is 24.5 Å². The number of hydrogen-bond acceptors (Lipinski definition) is 3. The molecule has 154 valence electrons. The van der Waals surface area contributed by atoms with Gasteiger partial charge in [0, 0.05) is 11.1 Å². The van der Waals surface area contributed by atoms with Crippen molar-refractivity contribution in [3.05, 3.63) is 66.7 Å². The van der Waals surface area contributed by atoms with Crippen molar-refractivity contribution in [2.75, 3.05) is 7.11 Å². The van der Waals surface area contributed by atoms with Crippen LogP contribution in [0.2, 0.25) is 19.6 Å². The normalized spacial score (nSPS) is 12.4. The molecule has 1 N–H and O–H groups in total. The van der Waals surface area contributed by atoms with Gasteiger partial charge in [0.1, 0.15) is 10.6 Å². The Bertz CT molecular complexity index is 1390. The number of methoxy groups -OCH3 is 1. The van der Waals surface area contributed by atoms with Gasteiger partial charge in [0.15, 0.2) is 0 Å². The summed E-state index contributed by atoms with van der Waals surface area (Å²) in [6.45, 7) is 6.87. The van der Waals surface area contributed by atoms with Crippen molar-refractivity contribution in [1.29, 1.82) is 0 Å². The summed E-state index contributed by atoms with van der Waals surface area (Å²) < 4.78 is 40.3. The van der Waals surface area contributed by atoms with Gasteiger partial charge in [-0.1, -0.05) is 79.4 Å². The predicted octanol–water partition coefficient (Wildman–Crippen LogP) is 5.46. The first kappa shape index (κ1) is 20.6. The van der Waals surface area contributed by atoms with Crippen molar-refractivity contribution in [2.24, 2.45) is 0 Å². The second-order valence-corrected chi connectivity index (χ2v) is 14.9. The molecular weight excluding hydrogens is 412 g/mol. The number of fused-ring (bicyclic) bond motifs is 2. The van der Waals surface area contributed by atoms with Crippen LogP contribution in [0.15, 0.2) is 71.6 Å². The predicted molar refractivity (Wildman–Crippen MR) is 126 cm³/mol.